The summed E-state index contributed by atoms with van der Waals surface area (Å²) in [4.78, 5) is 22.2. The van der Waals surface area contributed by atoms with Crippen molar-refractivity contribution in [1.82, 2.24) is 4.72 Å². The molecule has 0 saturated heterocycles. The van der Waals surface area contributed by atoms with Crippen LogP contribution < -0.4 is 4.72 Å². The Labute approximate surface area is 132 Å². The van der Waals surface area contributed by atoms with Gasteiger partial charge in [0.1, 0.15) is 4.21 Å². The minimum atomic E-state index is -3.71. The van der Waals surface area contributed by atoms with Crippen LogP contribution in [0.3, 0.4) is 0 Å². The first-order valence-electron chi connectivity index (χ1n) is 6.75. The predicted octanol–water partition coefficient (Wildman–Crippen LogP) is 1.46. The van der Waals surface area contributed by atoms with Crippen LogP contribution in [0.25, 0.3) is 0 Å². The normalized spacial score (nSPS) is 22.2. The smallest absolute Gasteiger partial charge is 0.338 e. The van der Waals surface area contributed by atoms with E-state index in [1.54, 1.807) is 0 Å². The molecule has 1 heterocycles. The third-order valence-corrected chi connectivity index (χ3v) is 6.62. The minimum Gasteiger partial charge on any atom is -0.481 e. The fourth-order valence-electron chi connectivity index (χ4n) is 2.42. The van der Waals surface area contributed by atoms with E-state index >= 15 is 0 Å². The van der Waals surface area contributed by atoms with Crippen LogP contribution in [0.4, 0.5) is 0 Å². The molecule has 0 bridgehead atoms. The van der Waals surface area contributed by atoms with E-state index in [1.165, 1.54) is 18.6 Å². The van der Waals surface area contributed by atoms with Crippen molar-refractivity contribution in [2.45, 2.75) is 35.9 Å². The van der Waals surface area contributed by atoms with Crippen LogP contribution in [0, 0.1) is 5.92 Å². The number of carbonyl (C=O) groups is 2. The maximum atomic E-state index is 12.3. The highest BCUT2D eigenvalue weighted by molar-refractivity contribution is 7.91. The van der Waals surface area contributed by atoms with Gasteiger partial charge in [-0.25, -0.2) is 17.9 Å². The zero-order valence-corrected chi connectivity index (χ0v) is 13.6. The van der Waals surface area contributed by atoms with Crippen LogP contribution in [0.1, 0.15) is 36.0 Å². The predicted molar refractivity (Wildman–Crippen MR) is 79.4 cm³/mol. The molecule has 0 spiro atoms. The number of carboxylic acid groups (broad SMARTS) is 1. The number of ether oxygens (including phenoxy) is 1. The molecule has 0 aromatic carbocycles. The lowest BCUT2D eigenvalue weighted by Gasteiger charge is -2.26. The third-order valence-electron chi connectivity index (χ3n) is 3.66. The average Bonchev–Trinajstić information content (AvgIpc) is 2.97. The zero-order chi connectivity index (χ0) is 16.3. The van der Waals surface area contributed by atoms with Gasteiger partial charge in [0.15, 0.2) is 0 Å². The second-order valence-electron chi connectivity index (χ2n) is 5.15. The molecule has 7 nitrogen and oxygen atoms in total. The molecule has 1 aliphatic carbocycles. The summed E-state index contributed by atoms with van der Waals surface area (Å²) in [5.41, 5.74) is 0.197. The summed E-state index contributed by atoms with van der Waals surface area (Å²) in [6, 6.07) is 1.01. The number of thiophene rings is 1. The van der Waals surface area contributed by atoms with Crippen LogP contribution in [0.2, 0.25) is 0 Å². The van der Waals surface area contributed by atoms with Crippen LogP contribution in [-0.4, -0.2) is 38.6 Å². The van der Waals surface area contributed by atoms with E-state index in [1.807, 2.05) is 0 Å². The van der Waals surface area contributed by atoms with Gasteiger partial charge in [-0.2, -0.15) is 0 Å². The molecule has 1 aromatic heterocycles. The van der Waals surface area contributed by atoms with E-state index in [0.717, 1.165) is 11.3 Å². The molecule has 2 rings (SSSR count). The third kappa shape index (κ3) is 3.84. The zero-order valence-electron chi connectivity index (χ0n) is 11.9. The van der Waals surface area contributed by atoms with Crippen molar-refractivity contribution in [2.75, 3.05) is 7.11 Å². The molecule has 0 unspecified atom stereocenters. The number of nitrogens with one attached hydrogen (secondary N) is 1. The van der Waals surface area contributed by atoms with Crippen molar-refractivity contribution in [2.24, 2.45) is 5.92 Å². The van der Waals surface area contributed by atoms with Crippen LogP contribution >= 0.6 is 11.3 Å². The number of rotatable bonds is 5. The summed E-state index contributed by atoms with van der Waals surface area (Å²) < 4.78 is 31.7. The Morgan fingerprint density at radius 1 is 1.32 bits per heavy atom. The number of carbonyl (C=O) groups excluding carboxylic acids is 1. The van der Waals surface area contributed by atoms with Gasteiger partial charge in [-0.05, 0) is 31.7 Å². The molecule has 1 aromatic rings. The Kier molecular flexibility index (Phi) is 5.20. The van der Waals surface area contributed by atoms with Gasteiger partial charge in [0.05, 0.1) is 18.6 Å². The van der Waals surface area contributed by atoms with Crippen LogP contribution in [-0.2, 0) is 19.6 Å². The van der Waals surface area contributed by atoms with E-state index in [4.69, 9.17) is 5.11 Å². The van der Waals surface area contributed by atoms with Gasteiger partial charge in [-0.1, -0.05) is 0 Å². The SMILES string of the molecule is COC(=O)c1csc(S(=O)(=O)NC2CCC(C(=O)O)CC2)c1. The Morgan fingerprint density at radius 3 is 2.50 bits per heavy atom. The first-order chi connectivity index (χ1) is 10.3. The average molecular weight is 347 g/mol. The van der Waals surface area contributed by atoms with Crippen molar-refractivity contribution in [3.05, 3.63) is 17.0 Å². The molecule has 1 aliphatic rings. The van der Waals surface area contributed by atoms with E-state index in [9.17, 15) is 18.0 Å². The van der Waals surface area contributed by atoms with E-state index in [-0.39, 0.29) is 15.8 Å². The Hall–Kier alpha value is -1.45. The number of esters is 1. The second-order valence-corrected chi connectivity index (χ2v) is 8.01. The number of sulfonamides is 1. The van der Waals surface area contributed by atoms with Crippen molar-refractivity contribution < 1.29 is 27.9 Å². The summed E-state index contributed by atoms with van der Waals surface area (Å²) in [6.45, 7) is 0. The lowest BCUT2D eigenvalue weighted by Crippen LogP contribution is -2.38. The van der Waals surface area contributed by atoms with Crippen molar-refractivity contribution in [1.29, 1.82) is 0 Å². The van der Waals surface area contributed by atoms with Crippen molar-refractivity contribution >= 4 is 33.3 Å². The lowest BCUT2D eigenvalue weighted by molar-refractivity contribution is -0.142. The van der Waals surface area contributed by atoms with Gasteiger partial charge in [-0.3, -0.25) is 4.79 Å². The molecule has 22 heavy (non-hydrogen) atoms. The minimum absolute atomic E-state index is 0.0493. The highest BCUT2D eigenvalue weighted by Gasteiger charge is 2.29. The summed E-state index contributed by atoms with van der Waals surface area (Å²) in [5, 5.41) is 10.4. The maximum absolute atomic E-state index is 12.3. The molecule has 1 saturated carbocycles. The molecule has 9 heteroatoms. The Balaban J connectivity index is 2.01. The van der Waals surface area contributed by atoms with Gasteiger partial charge in [-0.15, -0.1) is 11.3 Å². The fourth-order valence-corrected chi connectivity index (χ4v) is 4.89. The van der Waals surface area contributed by atoms with E-state index < -0.39 is 27.9 Å². The first kappa shape index (κ1) is 16.9. The highest BCUT2D eigenvalue weighted by atomic mass is 32.2. The fraction of sp³-hybridized carbons (Fsp3) is 0.538. The molecular weight excluding hydrogens is 330 g/mol. The lowest BCUT2D eigenvalue weighted by atomic mass is 9.87. The van der Waals surface area contributed by atoms with Gasteiger partial charge in [0.25, 0.3) is 0 Å². The second kappa shape index (κ2) is 6.76. The van der Waals surface area contributed by atoms with E-state index in [0.29, 0.717) is 25.7 Å². The quantitative estimate of drug-likeness (QED) is 0.780. The summed E-state index contributed by atoms with van der Waals surface area (Å²) in [5.74, 6) is -1.81. The molecule has 0 amide bonds. The van der Waals surface area contributed by atoms with Gasteiger partial charge in [0, 0.05) is 11.4 Å². The van der Waals surface area contributed by atoms with Gasteiger partial charge < -0.3 is 9.84 Å². The molecular formula is C13H17NO6S2. The number of hydrogen-bond donors (Lipinski definition) is 2. The monoisotopic (exact) mass is 347 g/mol. The summed E-state index contributed by atoms with van der Waals surface area (Å²) >= 11 is 0.949. The molecule has 0 atom stereocenters. The largest absolute Gasteiger partial charge is 0.481 e. The van der Waals surface area contributed by atoms with Crippen molar-refractivity contribution in [3.8, 4) is 0 Å². The molecule has 0 radical (unpaired) electrons. The van der Waals surface area contributed by atoms with Crippen LogP contribution in [0.15, 0.2) is 15.7 Å². The Morgan fingerprint density at radius 2 is 1.95 bits per heavy atom. The summed E-state index contributed by atoms with van der Waals surface area (Å²) in [6.07, 6.45) is 1.90. The molecule has 122 valence electrons. The maximum Gasteiger partial charge on any atom is 0.338 e. The number of hydrogen-bond acceptors (Lipinski definition) is 6. The topological polar surface area (TPSA) is 110 Å². The van der Waals surface area contributed by atoms with Gasteiger partial charge in [0.2, 0.25) is 10.0 Å². The number of methoxy groups -OCH3 is 1. The van der Waals surface area contributed by atoms with Crippen molar-refractivity contribution in [3.63, 3.8) is 0 Å². The molecule has 2 N–H and O–H groups in total. The van der Waals surface area contributed by atoms with Crippen LogP contribution in [0.5, 0.6) is 0 Å². The van der Waals surface area contributed by atoms with E-state index in [2.05, 4.69) is 9.46 Å². The number of aliphatic carboxylic acids is 1. The number of carboxylic acids is 1. The molecule has 0 aliphatic heterocycles. The summed E-state index contributed by atoms with van der Waals surface area (Å²) in [7, 11) is -2.48. The standard InChI is InChI=1S/C13H17NO6S2/c1-20-13(17)9-6-11(21-7-9)22(18,19)14-10-4-2-8(3-5-10)12(15)16/h6-8,10,14H,2-5H2,1H3,(H,15,16). The first-order valence-corrected chi connectivity index (χ1v) is 9.11. The highest BCUT2D eigenvalue weighted by Crippen LogP contribution is 2.27. The Bertz CT molecular complexity index is 658. The van der Waals surface area contributed by atoms with Gasteiger partial charge >= 0.3 is 11.9 Å². The molecule has 1 fully saturated rings.